The number of rotatable bonds is 2. The molecule has 1 fully saturated rings. The molecule has 90 valence electrons. The van der Waals surface area contributed by atoms with E-state index in [1.54, 1.807) is 0 Å². The maximum absolute atomic E-state index is 3.58. The number of aromatic nitrogens is 1. The molecule has 2 heterocycles. The second kappa shape index (κ2) is 4.46. The topological polar surface area (TPSA) is 27.8 Å². The Bertz CT molecular complexity index is 538. The van der Waals surface area contributed by atoms with Crippen LogP contribution < -0.4 is 5.32 Å². The maximum Gasteiger partial charge on any atom is 0.0470 e. The van der Waals surface area contributed by atoms with Gasteiger partial charge in [-0.15, -0.1) is 0 Å². The molecule has 0 bridgehead atoms. The fraction of sp³-hybridized carbons (Fsp3) is 0.429. The maximum atomic E-state index is 3.58. The molecule has 3 rings (SSSR count). The van der Waals surface area contributed by atoms with E-state index in [1.807, 2.05) is 0 Å². The average Bonchev–Trinajstić information content (AvgIpc) is 2.88. The van der Waals surface area contributed by atoms with Crippen molar-refractivity contribution in [2.24, 2.45) is 0 Å². The summed E-state index contributed by atoms with van der Waals surface area (Å²) in [6.07, 6.45) is 3.77. The predicted octanol–water partition coefficient (Wildman–Crippen LogP) is 3.53. The third-order valence-electron chi connectivity index (χ3n) is 3.69. The Balaban J connectivity index is 1.99. The Hall–Kier alpha value is -0.800. The first-order chi connectivity index (χ1) is 8.24. The van der Waals surface area contributed by atoms with E-state index in [2.05, 4.69) is 51.4 Å². The van der Waals surface area contributed by atoms with Gasteiger partial charge in [0.25, 0.3) is 0 Å². The Morgan fingerprint density at radius 2 is 2.29 bits per heavy atom. The smallest absolute Gasteiger partial charge is 0.0470 e. The van der Waals surface area contributed by atoms with Crippen LogP contribution >= 0.6 is 15.9 Å². The number of H-pyrrole nitrogens is 1. The summed E-state index contributed by atoms with van der Waals surface area (Å²) in [6, 6.07) is 7.17. The SMILES string of the molecule is Cc1[nH]c2cc(Br)ccc2c1CC1CCCN1. The van der Waals surface area contributed by atoms with Gasteiger partial charge in [-0.2, -0.15) is 0 Å². The molecule has 17 heavy (non-hydrogen) atoms. The third-order valence-corrected chi connectivity index (χ3v) is 4.19. The monoisotopic (exact) mass is 292 g/mol. The summed E-state index contributed by atoms with van der Waals surface area (Å²) >= 11 is 3.52. The van der Waals surface area contributed by atoms with Gasteiger partial charge in [0.2, 0.25) is 0 Å². The van der Waals surface area contributed by atoms with Gasteiger partial charge in [-0.05, 0) is 50.4 Å². The van der Waals surface area contributed by atoms with Crippen molar-refractivity contribution in [3.63, 3.8) is 0 Å². The van der Waals surface area contributed by atoms with E-state index in [-0.39, 0.29) is 0 Å². The van der Waals surface area contributed by atoms with Crippen molar-refractivity contribution in [3.05, 3.63) is 33.9 Å². The highest BCUT2D eigenvalue weighted by atomic mass is 79.9. The molecule has 1 aliphatic heterocycles. The molecule has 1 atom stereocenters. The highest BCUT2D eigenvalue weighted by Crippen LogP contribution is 2.27. The second-order valence-corrected chi connectivity index (χ2v) is 5.83. The second-order valence-electron chi connectivity index (χ2n) is 4.92. The minimum Gasteiger partial charge on any atom is -0.358 e. The summed E-state index contributed by atoms with van der Waals surface area (Å²) in [4.78, 5) is 3.48. The summed E-state index contributed by atoms with van der Waals surface area (Å²) in [6.45, 7) is 3.36. The van der Waals surface area contributed by atoms with E-state index in [9.17, 15) is 0 Å². The normalized spacial score (nSPS) is 20.2. The fourth-order valence-corrected chi connectivity index (χ4v) is 3.16. The molecule has 1 aromatic heterocycles. The zero-order valence-electron chi connectivity index (χ0n) is 10.0. The van der Waals surface area contributed by atoms with Crippen LogP contribution in [0.2, 0.25) is 0 Å². The molecule has 0 radical (unpaired) electrons. The molecule has 0 aliphatic carbocycles. The van der Waals surface area contributed by atoms with Gasteiger partial charge in [0.05, 0.1) is 0 Å². The lowest BCUT2D eigenvalue weighted by Crippen LogP contribution is -2.23. The van der Waals surface area contributed by atoms with Crippen molar-refractivity contribution >= 4 is 26.8 Å². The molecule has 2 N–H and O–H groups in total. The van der Waals surface area contributed by atoms with E-state index in [0.717, 1.165) is 10.9 Å². The molecule has 1 saturated heterocycles. The molecule has 0 amide bonds. The quantitative estimate of drug-likeness (QED) is 0.871. The number of halogens is 1. The summed E-state index contributed by atoms with van der Waals surface area (Å²) < 4.78 is 1.14. The first-order valence-corrected chi connectivity index (χ1v) is 7.03. The van der Waals surface area contributed by atoms with E-state index in [0.29, 0.717) is 6.04 Å². The van der Waals surface area contributed by atoms with Crippen molar-refractivity contribution in [1.29, 1.82) is 0 Å². The van der Waals surface area contributed by atoms with E-state index < -0.39 is 0 Å². The van der Waals surface area contributed by atoms with Crippen LogP contribution in [0.1, 0.15) is 24.1 Å². The van der Waals surface area contributed by atoms with Crippen LogP contribution in [0.15, 0.2) is 22.7 Å². The van der Waals surface area contributed by atoms with Gasteiger partial charge in [0, 0.05) is 27.1 Å². The number of nitrogens with one attached hydrogen (secondary N) is 2. The number of benzene rings is 1. The van der Waals surface area contributed by atoms with Crippen molar-refractivity contribution in [2.45, 2.75) is 32.2 Å². The summed E-state index contributed by atoms with van der Waals surface area (Å²) in [5.74, 6) is 0. The molecule has 1 aromatic carbocycles. The van der Waals surface area contributed by atoms with Crippen LogP contribution in [-0.2, 0) is 6.42 Å². The standard InChI is InChI=1S/C14H17BrN2/c1-9-13(8-11-3-2-6-16-11)12-5-4-10(15)7-14(12)17-9/h4-5,7,11,16-17H,2-3,6,8H2,1H3. The molecule has 3 heteroatoms. The molecule has 2 nitrogen and oxygen atoms in total. The van der Waals surface area contributed by atoms with Gasteiger partial charge >= 0.3 is 0 Å². The predicted molar refractivity (Wildman–Crippen MR) is 75.5 cm³/mol. The van der Waals surface area contributed by atoms with Gasteiger partial charge in [0.15, 0.2) is 0 Å². The van der Waals surface area contributed by atoms with Crippen LogP contribution in [0.5, 0.6) is 0 Å². The first kappa shape index (κ1) is 11.3. The first-order valence-electron chi connectivity index (χ1n) is 6.24. The summed E-state index contributed by atoms with van der Waals surface area (Å²) in [7, 11) is 0. The van der Waals surface area contributed by atoms with Gasteiger partial charge in [0.1, 0.15) is 0 Å². The Morgan fingerprint density at radius 1 is 1.41 bits per heavy atom. The van der Waals surface area contributed by atoms with Crippen molar-refractivity contribution in [3.8, 4) is 0 Å². The molecular formula is C14H17BrN2. The fourth-order valence-electron chi connectivity index (χ4n) is 2.80. The van der Waals surface area contributed by atoms with Crippen molar-refractivity contribution < 1.29 is 0 Å². The summed E-state index contributed by atoms with van der Waals surface area (Å²) in [5, 5.41) is 4.95. The van der Waals surface area contributed by atoms with Crippen molar-refractivity contribution in [1.82, 2.24) is 10.3 Å². The van der Waals surface area contributed by atoms with E-state index in [4.69, 9.17) is 0 Å². The number of fused-ring (bicyclic) bond motifs is 1. The van der Waals surface area contributed by atoms with Crippen LogP contribution in [0.4, 0.5) is 0 Å². The Morgan fingerprint density at radius 3 is 3.06 bits per heavy atom. The minimum atomic E-state index is 0.663. The highest BCUT2D eigenvalue weighted by molar-refractivity contribution is 9.10. The largest absolute Gasteiger partial charge is 0.358 e. The van der Waals surface area contributed by atoms with E-state index in [1.165, 1.54) is 41.5 Å². The van der Waals surface area contributed by atoms with Gasteiger partial charge < -0.3 is 10.3 Å². The van der Waals surface area contributed by atoms with Gasteiger partial charge in [-0.3, -0.25) is 0 Å². The average molecular weight is 293 g/mol. The number of aromatic amines is 1. The lowest BCUT2D eigenvalue weighted by Gasteiger charge is -2.10. The number of hydrogen-bond donors (Lipinski definition) is 2. The van der Waals surface area contributed by atoms with Crippen LogP contribution in [-0.4, -0.2) is 17.6 Å². The van der Waals surface area contributed by atoms with Crippen LogP contribution in [0.3, 0.4) is 0 Å². The van der Waals surface area contributed by atoms with E-state index >= 15 is 0 Å². The number of hydrogen-bond acceptors (Lipinski definition) is 1. The molecule has 1 unspecified atom stereocenters. The Labute approximate surface area is 110 Å². The molecule has 1 aliphatic rings. The Kier molecular flexibility index (Phi) is 2.97. The molecule has 0 spiro atoms. The molecule has 2 aromatic rings. The van der Waals surface area contributed by atoms with Crippen LogP contribution in [0, 0.1) is 6.92 Å². The summed E-state index contributed by atoms with van der Waals surface area (Å²) in [5.41, 5.74) is 4.03. The molecule has 0 saturated carbocycles. The lowest BCUT2D eigenvalue weighted by molar-refractivity contribution is 0.603. The minimum absolute atomic E-state index is 0.663. The van der Waals surface area contributed by atoms with Gasteiger partial charge in [-0.1, -0.05) is 22.0 Å². The highest BCUT2D eigenvalue weighted by Gasteiger charge is 2.18. The third kappa shape index (κ3) is 2.14. The number of aryl methyl sites for hydroxylation is 1. The zero-order valence-corrected chi connectivity index (χ0v) is 11.6. The van der Waals surface area contributed by atoms with Crippen LogP contribution in [0.25, 0.3) is 10.9 Å². The van der Waals surface area contributed by atoms with Gasteiger partial charge in [-0.25, -0.2) is 0 Å². The molecular weight excluding hydrogens is 276 g/mol. The zero-order chi connectivity index (χ0) is 11.8. The van der Waals surface area contributed by atoms with Crippen molar-refractivity contribution in [2.75, 3.05) is 6.54 Å². The lowest BCUT2D eigenvalue weighted by atomic mass is 10.0.